The fourth-order valence-corrected chi connectivity index (χ4v) is 1.09. The summed E-state index contributed by atoms with van der Waals surface area (Å²) in [5.41, 5.74) is 1.74. The second-order valence-corrected chi connectivity index (χ2v) is 2.59. The molecule has 0 saturated heterocycles. The summed E-state index contributed by atoms with van der Waals surface area (Å²) in [6.45, 7) is 15.3. The average Bonchev–Trinajstić information content (AvgIpc) is 2.49. The van der Waals surface area contributed by atoms with Crippen LogP contribution in [0, 0.1) is 0 Å². The lowest BCUT2D eigenvalue weighted by Gasteiger charge is -2.03. The van der Waals surface area contributed by atoms with Crippen LogP contribution < -0.4 is 0 Å². The molecule has 1 aliphatic rings. The number of hydrogen-bond acceptors (Lipinski definition) is 2. The Morgan fingerprint density at radius 1 is 1.43 bits per heavy atom. The van der Waals surface area contributed by atoms with E-state index in [1.807, 2.05) is 27.7 Å². The molecule has 1 atom stereocenters. The summed E-state index contributed by atoms with van der Waals surface area (Å²) in [5, 5.41) is 0. The van der Waals surface area contributed by atoms with Crippen LogP contribution in [-0.2, 0) is 4.74 Å². The second-order valence-electron chi connectivity index (χ2n) is 2.59. The highest BCUT2D eigenvalue weighted by atomic mass is 16.5. The van der Waals surface area contributed by atoms with Gasteiger partial charge in [-0.15, -0.1) is 0 Å². The zero-order valence-corrected chi connectivity index (χ0v) is 9.50. The van der Waals surface area contributed by atoms with Crippen LogP contribution in [0.2, 0.25) is 0 Å². The predicted molar refractivity (Wildman–Crippen MR) is 62.4 cm³/mol. The molecule has 78 valence electrons. The molecule has 2 nitrogen and oxygen atoms in total. The standard InChI is InChI=1S/C10H13NO.C2H6/c1-5-9-10(11-6-2)7(3)8(4)12-9;1-2/h5-6,8H,1,3H2,2,4H3;1-2H3. The molecule has 1 rings (SSSR count). The third-order valence-electron chi connectivity index (χ3n) is 1.78. The molecule has 0 aromatic carbocycles. The fraction of sp³-hybridized carbons (Fsp3) is 0.417. The van der Waals surface area contributed by atoms with Gasteiger partial charge >= 0.3 is 0 Å². The van der Waals surface area contributed by atoms with Crippen molar-refractivity contribution in [3.05, 3.63) is 36.3 Å². The lowest BCUT2D eigenvalue weighted by atomic mass is 10.1. The zero-order chi connectivity index (χ0) is 11.1. The third-order valence-corrected chi connectivity index (χ3v) is 1.78. The van der Waals surface area contributed by atoms with E-state index in [0.717, 1.165) is 17.0 Å². The second kappa shape index (κ2) is 6.19. The molecule has 0 aromatic rings. The molecule has 0 bridgehead atoms. The summed E-state index contributed by atoms with van der Waals surface area (Å²) < 4.78 is 5.44. The third kappa shape index (κ3) is 2.59. The molecule has 1 aliphatic heterocycles. The van der Waals surface area contributed by atoms with Crippen LogP contribution in [0.5, 0.6) is 0 Å². The Morgan fingerprint density at radius 2 is 2.00 bits per heavy atom. The number of nitrogens with zero attached hydrogens (tertiary/aromatic N) is 1. The van der Waals surface area contributed by atoms with E-state index in [9.17, 15) is 0 Å². The Kier molecular flexibility index (Phi) is 5.61. The smallest absolute Gasteiger partial charge is 0.145 e. The minimum Gasteiger partial charge on any atom is -0.484 e. The molecular formula is C12H19NO. The number of aliphatic imine (C=N–C) groups is 1. The van der Waals surface area contributed by atoms with Crippen LogP contribution >= 0.6 is 0 Å². The minimum atomic E-state index is 0.0247. The lowest BCUT2D eigenvalue weighted by Crippen LogP contribution is -2.00. The van der Waals surface area contributed by atoms with Gasteiger partial charge in [0.2, 0.25) is 0 Å². The minimum absolute atomic E-state index is 0.0247. The molecule has 1 unspecified atom stereocenters. The van der Waals surface area contributed by atoms with Gasteiger partial charge in [0.25, 0.3) is 0 Å². The van der Waals surface area contributed by atoms with Crippen LogP contribution in [-0.4, -0.2) is 12.3 Å². The monoisotopic (exact) mass is 193 g/mol. The average molecular weight is 193 g/mol. The molecule has 14 heavy (non-hydrogen) atoms. The first-order chi connectivity index (χ1) is 6.70. The molecule has 2 heteroatoms. The molecule has 0 radical (unpaired) electrons. The molecule has 0 N–H and O–H groups in total. The zero-order valence-electron chi connectivity index (χ0n) is 9.50. The first-order valence-corrected chi connectivity index (χ1v) is 4.92. The fourth-order valence-electron chi connectivity index (χ4n) is 1.09. The molecule has 0 aliphatic carbocycles. The molecular weight excluding hydrogens is 174 g/mol. The van der Waals surface area contributed by atoms with Crippen molar-refractivity contribution in [1.82, 2.24) is 0 Å². The van der Waals surface area contributed by atoms with Crippen molar-refractivity contribution in [3.63, 3.8) is 0 Å². The van der Waals surface area contributed by atoms with Crippen molar-refractivity contribution in [1.29, 1.82) is 0 Å². The highest BCUT2D eigenvalue weighted by Crippen LogP contribution is 2.30. The van der Waals surface area contributed by atoms with Crippen molar-refractivity contribution in [2.24, 2.45) is 4.99 Å². The SMILES string of the molecule is C=CC1=C(N=CC)C(=C)C(C)O1.CC. The Labute approximate surface area is 86.7 Å². The van der Waals surface area contributed by atoms with Gasteiger partial charge in [0.05, 0.1) is 0 Å². The van der Waals surface area contributed by atoms with E-state index >= 15 is 0 Å². The maximum Gasteiger partial charge on any atom is 0.145 e. The van der Waals surface area contributed by atoms with E-state index < -0.39 is 0 Å². The maximum absolute atomic E-state index is 5.44. The number of hydrogen-bond donors (Lipinski definition) is 0. The van der Waals surface area contributed by atoms with Gasteiger partial charge in [-0.1, -0.05) is 27.0 Å². The van der Waals surface area contributed by atoms with Crippen LogP contribution in [0.25, 0.3) is 0 Å². The van der Waals surface area contributed by atoms with E-state index in [1.165, 1.54) is 0 Å². The molecule has 0 amide bonds. The van der Waals surface area contributed by atoms with Crippen molar-refractivity contribution in [2.45, 2.75) is 33.8 Å². The van der Waals surface area contributed by atoms with Gasteiger partial charge in [0.1, 0.15) is 17.6 Å². The first kappa shape index (κ1) is 12.7. The molecule has 1 heterocycles. The van der Waals surface area contributed by atoms with Gasteiger partial charge in [0.15, 0.2) is 0 Å². The number of ether oxygens (including phenoxy) is 1. The van der Waals surface area contributed by atoms with Crippen LogP contribution in [0.1, 0.15) is 27.7 Å². The molecule has 0 aromatic heterocycles. The summed E-state index contributed by atoms with van der Waals surface area (Å²) in [5.74, 6) is 0.727. The predicted octanol–water partition coefficient (Wildman–Crippen LogP) is 3.48. The van der Waals surface area contributed by atoms with Gasteiger partial charge in [0, 0.05) is 11.8 Å². The van der Waals surface area contributed by atoms with Crippen LogP contribution in [0.15, 0.2) is 41.3 Å². The summed E-state index contributed by atoms with van der Waals surface area (Å²) in [6, 6.07) is 0. The van der Waals surface area contributed by atoms with E-state index in [0.29, 0.717) is 0 Å². The summed E-state index contributed by atoms with van der Waals surface area (Å²) in [4.78, 5) is 4.17. The van der Waals surface area contributed by atoms with Crippen molar-refractivity contribution < 1.29 is 4.74 Å². The topological polar surface area (TPSA) is 21.6 Å². The Bertz CT molecular complexity index is 274. The van der Waals surface area contributed by atoms with E-state index in [1.54, 1.807) is 12.3 Å². The molecule has 0 saturated carbocycles. The van der Waals surface area contributed by atoms with Crippen LogP contribution in [0.4, 0.5) is 0 Å². The van der Waals surface area contributed by atoms with E-state index in [4.69, 9.17) is 4.74 Å². The van der Waals surface area contributed by atoms with Gasteiger partial charge in [-0.3, -0.25) is 4.99 Å². The highest BCUT2D eigenvalue weighted by molar-refractivity contribution is 5.58. The number of rotatable bonds is 2. The van der Waals surface area contributed by atoms with Crippen molar-refractivity contribution in [2.75, 3.05) is 0 Å². The van der Waals surface area contributed by atoms with Crippen LogP contribution in [0.3, 0.4) is 0 Å². The van der Waals surface area contributed by atoms with Crippen molar-refractivity contribution >= 4 is 6.21 Å². The Morgan fingerprint density at radius 3 is 2.43 bits per heavy atom. The molecule has 0 fully saturated rings. The maximum atomic E-state index is 5.44. The normalized spacial score (nSPS) is 20.6. The van der Waals surface area contributed by atoms with E-state index in [-0.39, 0.29) is 6.10 Å². The largest absolute Gasteiger partial charge is 0.484 e. The summed E-state index contributed by atoms with van der Waals surface area (Å²) in [7, 11) is 0. The van der Waals surface area contributed by atoms with E-state index in [2.05, 4.69) is 18.2 Å². The first-order valence-electron chi connectivity index (χ1n) is 4.92. The summed E-state index contributed by atoms with van der Waals surface area (Å²) >= 11 is 0. The summed E-state index contributed by atoms with van der Waals surface area (Å²) in [6.07, 6.45) is 3.42. The highest BCUT2D eigenvalue weighted by Gasteiger charge is 2.23. The van der Waals surface area contributed by atoms with Gasteiger partial charge in [-0.2, -0.15) is 0 Å². The van der Waals surface area contributed by atoms with Crippen molar-refractivity contribution in [3.8, 4) is 0 Å². The Balaban J connectivity index is 0.000000791. The lowest BCUT2D eigenvalue weighted by molar-refractivity contribution is 0.193. The van der Waals surface area contributed by atoms with Gasteiger partial charge in [-0.05, 0) is 19.9 Å². The van der Waals surface area contributed by atoms with Gasteiger partial charge in [-0.25, -0.2) is 0 Å². The Hall–Kier alpha value is -1.31. The quantitative estimate of drug-likeness (QED) is 0.615. The number of allylic oxidation sites excluding steroid dienone is 1. The molecule has 0 spiro atoms. The van der Waals surface area contributed by atoms with Gasteiger partial charge < -0.3 is 4.74 Å².